The molecule has 1 aliphatic heterocycles. The molecule has 1 unspecified atom stereocenters. The van der Waals surface area contributed by atoms with Crippen LogP contribution in [0.1, 0.15) is 36.5 Å². The van der Waals surface area contributed by atoms with E-state index in [1.165, 1.54) is 23.1 Å². The Morgan fingerprint density at radius 3 is 2.76 bits per heavy atom. The van der Waals surface area contributed by atoms with Crippen LogP contribution in [0.25, 0.3) is 0 Å². The molecule has 0 aromatic heterocycles. The number of rotatable bonds is 4. The van der Waals surface area contributed by atoms with Gasteiger partial charge in [-0.25, -0.2) is 0 Å². The van der Waals surface area contributed by atoms with Gasteiger partial charge in [-0.2, -0.15) is 0 Å². The van der Waals surface area contributed by atoms with Crippen molar-refractivity contribution in [3.63, 3.8) is 0 Å². The zero-order valence-electron chi connectivity index (χ0n) is 11.8. The first kappa shape index (κ1) is 15.6. The molecule has 1 aliphatic rings. The van der Waals surface area contributed by atoms with Gasteiger partial charge in [-0.15, -0.1) is 0 Å². The maximum absolute atomic E-state index is 12.4. The number of phenols is 1. The monoisotopic (exact) mass is 311 g/mol. The van der Waals surface area contributed by atoms with Gasteiger partial charge in [0.05, 0.1) is 11.0 Å². The number of nitrogens with zero attached hydrogens (tertiary/aromatic N) is 1. The zero-order chi connectivity index (χ0) is 15.6. The van der Waals surface area contributed by atoms with Crippen LogP contribution in [0, 0.1) is 5.41 Å². The molecule has 2 rings (SSSR count). The van der Waals surface area contributed by atoms with Gasteiger partial charge in [0.1, 0.15) is 5.75 Å². The van der Waals surface area contributed by atoms with Gasteiger partial charge < -0.3 is 15.1 Å². The first-order chi connectivity index (χ1) is 9.89. The number of amides is 1. The average Bonchev–Trinajstić information content (AvgIpc) is 2.87. The third-order valence-electron chi connectivity index (χ3n) is 4.01. The lowest BCUT2D eigenvalue weighted by Gasteiger charge is -2.24. The van der Waals surface area contributed by atoms with Gasteiger partial charge in [0, 0.05) is 18.1 Å². The van der Waals surface area contributed by atoms with E-state index >= 15 is 0 Å². The maximum Gasteiger partial charge on any atom is 0.311 e. The molecule has 0 aliphatic carbocycles. The predicted octanol–water partition coefficient (Wildman–Crippen LogP) is 2.76. The molecule has 1 fully saturated rings. The second-order valence-electron chi connectivity index (χ2n) is 5.47. The summed E-state index contributed by atoms with van der Waals surface area (Å²) in [5.41, 5.74) is -0.765. The minimum absolute atomic E-state index is 0.111. The smallest absolute Gasteiger partial charge is 0.311 e. The number of hydrogen-bond donors (Lipinski definition) is 2. The molecule has 1 saturated heterocycles. The second-order valence-corrected chi connectivity index (χ2v) is 5.91. The second kappa shape index (κ2) is 5.93. The molecule has 114 valence electrons. The number of carbonyl (C=O) groups excluding carboxylic acids is 1. The number of aliphatic carboxylic acids is 1. The Kier molecular flexibility index (Phi) is 4.42. The summed E-state index contributed by atoms with van der Waals surface area (Å²) in [6, 6.07) is 4.26. The van der Waals surface area contributed by atoms with E-state index in [2.05, 4.69) is 0 Å². The average molecular weight is 312 g/mol. The maximum atomic E-state index is 12.4. The van der Waals surface area contributed by atoms with Crippen LogP contribution in [0.15, 0.2) is 18.2 Å². The first-order valence-corrected chi connectivity index (χ1v) is 7.28. The molecule has 0 saturated carbocycles. The fraction of sp³-hybridized carbons (Fsp3) is 0.467. The minimum Gasteiger partial charge on any atom is -0.507 e. The molecule has 1 atom stereocenters. The molecule has 1 aromatic carbocycles. The van der Waals surface area contributed by atoms with Gasteiger partial charge in [-0.1, -0.05) is 24.9 Å². The highest BCUT2D eigenvalue weighted by Crippen LogP contribution is 2.37. The molecule has 1 heterocycles. The quantitative estimate of drug-likeness (QED) is 0.896. The first-order valence-electron chi connectivity index (χ1n) is 6.91. The van der Waals surface area contributed by atoms with Gasteiger partial charge in [0.25, 0.3) is 5.91 Å². The summed E-state index contributed by atoms with van der Waals surface area (Å²) >= 11 is 5.85. The van der Waals surface area contributed by atoms with Crippen molar-refractivity contribution in [3.8, 4) is 5.75 Å². The highest BCUT2D eigenvalue weighted by molar-refractivity contribution is 6.31. The van der Waals surface area contributed by atoms with Gasteiger partial charge >= 0.3 is 5.97 Å². The van der Waals surface area contributed by atoms with Gasteiger partial charge in [-0.3, -0.25) is 9.59 Å². The van der Waals surface area contributed by atoms with Crippen molar-refractivity contribution in [2.75, 3.05) is 13.1 Å². The van der Waals surface area contributed by atoms with Crippen LogP contribution in [0.3, 0.4) is 0 Å². The number of halogens is 1. The third kappa shape index (κ3) is 2.97. The molecule has 6 heteroatoms. The number of carboxylic acid groups (broad SMARTS) is 1. The Morgan fingerprint density at radius 1 is 1.43 bits per heavy atom. The number of benzene rings is 1. The molecule has 2 N–H and O–H groups in total. The fourth-order valence-corrected chi connectivity index (χ4v) is 3.03. The van der Waals surface area contributed by atoms with Crippen molar-refractivity contribution < 1.29 is 19.8 Å². The van der Waals surface area contributed by atoms with E-state index in [9.17, 15) is 19.8 Å². The Bertz CT molecular complexity index is 575. The number of aromatic hydroxyl groups is 1. The molecule has 0 spiro atoms. The highest BCUT2D eigenvalue weighted by Gasteiger charge is 2.45. The van der Waals surface area contributed by atoms with E-state index < -0.39 is 11.4 Å². The summed E-state index contributed by atoms with van der Waals surface area (Å²) in [6.45, 7) is 2.47. The number of carbonyl (C=O) groups is 2. The number of phenolic OH excluding ortho intramolecular Hbond substituents is 1. The lowest BCUT2D eigenvalue weighted by atomic mass is 9.83. The highest BCUT2D eigenvalue weighted by atomic mass is 35.5. The predicted molar refractivity (Wildman–Crippen MR) is 78.6 cm³/mol. The minimum atomic E-state index is -0.876. The third-order valence-corrected chi connectivity index (χ3v) is 4.25. The topological polar surface area (TPSA) is 77.8 Å². The molecule has 0 bridgehead atoms. The number of likely N-dealkylation sites (tertiary alicyclic amines) is 1. The summed E-state index contributed by atoms with van der Waals surface area (Å²) in [5, 5.41) is 19.6. The van der Waals surface area contributed by atoms with E-state index in [1.54, 1.807) is 0 Å². The summed E-state index contributed by atoms with van der Waals surface area (Å²) < 4.78 is 0. The summed E-state index contributed by atoms with van der Waals surface area (Å²) in [5.74, 6) is -1.39. The van der Waals surface area contributed by atoms with Crippen molar-refractivity contribution in [3.05, 3.63) is 28.8 Å². The zero-order valence-corrected chi connectivity index (χ0v) is 12.6. The standard InChI is InChI=1S/C15H18ClNO4/c1-2-5-15(14(20)21)6-7-17(9-15)13(19)11-8-10(16)3-4-12(11)18/h3-4,8,18H,2,5-7,9H2,1H3,(H,20,21). The normalized spacial score (nSPS) is 21.5. The van der Waals surface area contributed by atoms with Crippen LogP contribution in [-0.4, -0.2) is 40.1 Å². The fourth-order valence-electron chi connectivity index (χ4n) is 2.86. The van der Waals surface area contributed by atoms with Crippen LogP contribution < -0.4 is 0 Å². The van der Waals surface area contributed by atoms with Crippen molar-refractivity contribution in [2.45, 2.75) is 26.2 Å². The van der Waals surface area contributed by atoms with Crippen molar-refractivity contribution in [1.29, 1.82) is 0 Å². The molecular weight excluding hydrogens is 294 g/mol. The Morgan fingerprint density at radius 2 is 2.14 bits per heavy atom. The van der Waals surface area contributed by atoms with Crippen LogP contribution >= 0.6 is 11.6 Å². The van der Waals surface area contributed by atoms with Crippen LogP contribution in [0.5, 0.6) is 5.75 Å². The van der Waals surface area contributed by atoms with Crippen molar-refractivity contribution in [1.82, 2.24) is 4.90 Å². The Balaban J connectivity index is 2.22. The molecule has 5 nitrogen and oxygen atoms in total. The largest absolute Gasteiger partial charge is 0.507 e. The summed E-state index contributed by atoms with van der Waals surface area (Å²) in [6.07, 6.45) is 1.72. The van der Waals surface area contributed by atoms with Crippen molar-refractivity contribution >= 4 is 23.5 Å². The van der Waals surface area contributed by atoms with E-state index in [-0.39, 0.29) is 23.8 Å². The molecular formula is C15H18ClNO4. The molecule has 1 amide bonds. The van der Waals surface area contributed by atoms with Crippen LogP contribution in [0.2, 0.25) is 5.02 Å². The van der Waals surface area contributed by atoms with Gasteiger partial charge in [0.2, 0.25) is 0 Å². The van der Waals surface area contributed by atoms with Gasteiger partial charge in [-0.05, 0) is 31.0 Å². The van der Waals surface area contributed by atoms with E-state index in [4.69, 9.17) is 11.6 Å². The molecule has 0 radical (unpaired) electrons. The molecule has 1 aromatic rings. The Labute approximate surface area is 128 Å². The van der Waals surface area contributed by atoms with Crippen molar-refractivity contribution in [2.24, 2.45) is 5.41 Å². The lowest BCUT2D eigenvalue weighted by molar-refractivity contribution is -0.148. The number of hydrogen-bond acceptors (Lipinski definition) is 3. The number of carboxylic acids is 1. The summed E-state index contributed by atoms with van der Waals surface area (Å²) in [7, 11) is 0. The summed E-state index contributed by atoms with van der Waals surface area (Å²) in [4.78, 5) is 25.5. The Hall–Kier alpha value is -1.75. The van der Waals surface area contributed by atoms with E-state index in [0.29, 0.717) is 24.4 Å². The SMILES string of the molecule is CCCC1(C(=O)O)CCN(C(=O)c2cc(Cl)ccc2O)C1. The van der Waals surface area contributed by atoms with Gasteiger partial charge in [0.15, 0.2) is 0 Å². The van der Waals surface area contributed by atoms with Crippen LogP contribution in [-0.2, 0) is 4.79 Å². The van der Waals surface area contributed by atoms with Crippen LogP contribution in [0.4, 0.5) is 0 Å². The van der Waals surface area contributed by atoms with E-state index in [1.807, 2.05) is 6.92 Å². The molecule has 21 heavy (non-hydrogen) atoms. The van der Waals surface area contributed by atoms with E-state index in [0.717, 1.165) is 6.42 Å². The lowest BCUT2D eigenvalue weighted by Crippen LogP contribution is -2.37.